The van der Waals surface area contributed by atoms with E-state index in [0.717, 1.165) is 17.7 Å². The van der Waals surface area contributed by atoms with Crippen LogP contribution >= 0.6 is 0 Å². The molecule has 1 aromatic rings. The maximum Gasteiger partial charge on any atom is 0.178 e. The van der Waals surface area contributed by atoms with Crippen molar-refractivity contribution in [1.29, 1.82) is 0 Å². The summed E-state index contributed by atoms with van der Waals surface area (Å²) < 4.78 is 5.26. The third-order valence-corrected chi connectivity index (χ3v) is 1.94. The SMILES string of the molecule is CC(=O)c1cc2c(cn1)OCC2. The molecule has 1 aliphatic heterocycles. The lowest BCUT2D eigenvalue weighted by Gasteiger charge is -1.98. The molecule has 1 aliphatic rings. The van der Waals surface area contributed by atoms with Gasteiger partial charge < -0.3 is 4.74 Å². The van der Waals surface area contributed by atoms with Crippen LogP contribution in [0, 0.1) is 0 Å². The molecular weight excluding hydrogens is 154 g/mol. The monoisotopic (exact) mass is 163 g/mol. The van der Waals surface area contributed by atoms with E-state index in [1.807, 2.05) is 6.07 Å². The Morgan fingerprint density at radius 3 is 3.25 bits per heavy atom. The standard InChI is InChI=1S/C9H9NO2/c1-6(11)8-4-7-2-3-12-9(7)5-10-8/h4-5H,2-3H2,1H3. The van der Waals surface area contributed by atoms with Crippen LogP contribution in [0.1, 0.15) is 23.0 Å². The molecule has 2 heterocycles. The van der Waals surface area contributed by atoms with Gasteiger partial charge in [-0.3, -0.25) is 4.79 Å². The Bertz CT molecular complexity index is 333. The van der Waals surface area contributed by atoms with Crippen LogP contribution in [0.15, 0.2) is 12.3 Å². The number of pyridine rings is 1. The van der Waals surface area contributed by atoms with E-state index in [4.69, 9.17) is 4.74 Å². The summed E-state index contributed by atoms with van der Waals surface area (Å²) in [6.07, 6.45) is 2.51. The average molecular weight is 163 g/mol. The number of carbonyl (C=O) groups excluding carboxylic acids is 1. The van der Waals surface area contributed by atoms with Gasteiger partial charge in [-0.1, -0.05) is 0 Å². The average Bonchev–Trinajstić information content (AvgIpc) is 2.49. The lowest BCUT2D eigenvalue weighted by molar-refractivity contribution is 0.101. The predicted molar refractivity (Wildman–Crippen MR) is 43.4 cm³/mol. The van der Waals surface area contributed by atoms with Gasteiger partial charge in [0.15, 0.2) is 5.78 Å². The molecule has 0 aromatic carbocycles. The normalized spacial score (nSPS) is 13.8. The maximum atomic E-state index is 10.9. The van der Waals surface area contributed by atoms with Crippen LogP contribution in [0.2, 0.25) is 0 Å². The summed E-state index contributed by atoms with van der Waals surface area (Å²) in [7, 11) is 0. The molecule has 3 heteroatoms. The molecule has 0 saturated carbocycles. The fraction of sp³-hybridized carbons (Fsp3) is 0.333. The number of carbonyl (C=O) groups is 1. The Morgan fingerprint density at radius 2 is 2.50 bits per heavy atom. The molecule has 0 aliphatic carbocycles. The van der Waals surface area contributed by atoms with E-state index in [0.29, 0.717) is 12.3 Å². The van der Waals surface area contributed by atoms with E-state index in [2.05, 4.69) is 4.98 Å². The van der Waals surface area contributed by atoms with Crippen LogP contribution in [0.5, 0.6) is 5.75 Å². The Balaban J connectivity index is 2.45. The van der Waals surface area contributed by atoms with Crippen molar-refractivity contribution < 1.29 is 9.53 Å². The van der Waals surface area contributed by atoms with E-state index < -0.39 is 0 Å². The van der Waals surface area contributed by atoms with Crippen LogP contribution in [0.25, 0.3) is 0 Å². The highest BCUT2D eigenvalue weighted by atomic mass is 16.5. The quantitative estimate of drug-likeness (QED) is 0.584. The maximum absolute atomic E-state index is 10.9. The number of Topliss-reactive ketones (excluding diaryl/α,β-unsaturated/α-hetero) is 1. The minimum Gasteiger partial charge on any atom is -0.491 e. The van der Waals surface area contributed by atoms with E-state index in [1.165, 1.54) is 6.92 Å². The molecule has 0 unspecified atom stereocenters. The first kappa shape index (κ1) is 7.28. The van der Waals surface area contributed by atoms with Gasteiger partial charge in [0.05, 0.1) is 12.8 Å². The summed E-state index contributed by atoms with van der Waals surface area (Å²) in [4.78, 5) is 14.9. The zero-order valence-corrected chi connectivity index (χ0v) is 6.83. The predicted octanol–water partition coefficient (Wildman–Crippen LogP) is 1.22. The summed E-state index contributed by atoms with van der Waals surface area (Å²) in [6.45, 7) is 2.23. The highest BCUT2D eigenvalue weighted by Gasteiger charge is 2.13. The summed E-state index contributed by atoms with van der Waals surface area (Å²) in [5.74, 6) is 0.824. The van der Waals surface area contributed by atoms with E-state index in [1.54, 1.807) is 6.20 Å². The Hall–Kier alpha value is -1.38. The lowest BCUT2D eigenvalue weighted by Crippen LogP contribution is -1.96. The molecule has 1 aromatic heterocycles. The van der Waals surface area contributed by atoms with Gasteiger partial charge in [0, 0.05) is 18.9 Å². The molecule has 0 amide bonds. The van der Waals surface area contributed by atoms with Gasteiger partial charge in [-0.25, -0.2) is 4.98 Å². The molecule has 3 nitrogen and oxygen atoms in total. The van der Waals surface area contributed by atoms with Crippen molar-refractivity contribution in [3.05, 3.63) is 23.5 Å². The number of ether oxygens (including phenoxy) is 1. The third-order valence-electron chi connectivity index (χ3n) is 1.94. The topological polar surface area (TPSA) is 39.2 Å². The molecule has 62 valence electrons. The first-order valence-corrected chi connectivity index (χ1v) is 3.90. The number of ketones is 1. The number of nitrogens with zero attached hydrogens (tertiary/aromatic N) is 1. The Labute approximate surface area is 70.4 Å². The van der Waals surface area contributed by atoms with Crippen molar-refractivity contribution in [3.63, 3.8) is 0 Å². The van der Waals surface area contributed by atoms with Crippen molar-refractivity contribution in [2.75, 3.05) is 6.61 Å². The van der Waals surface area contributed by atoms with E-state index >= 15 is 0 Å². The number of hydrogen-bond donors (Lipinski definition) is 0. The molecule has 0 radical (unpaired) electrons. The highest BCUT2D eigenvalue weighted by molar-refractivity contribution is 5.92. The summed E-state index contributed by atoms with van der Waals surface area (Å²) in [6, 6.07) is 1.81. The summed E-state index contributed by atoms with van der Waals surface area (Å²) in [5.41, 5.74) is 1.62. The van der Waals surface area contributed by atoms with Crippen molar-refractivity contribution in [2.24, 2.45) is 0 Å². The van der Waals surface area contributed by atoms with Crippen LogP contribution in [-0.2, 0) is 6.42 Å². The number of hydrogen-bond acceptors (Lipinski definition) is 3. The minimum atomic E-state index is 0.00435. The molecular formula is C9H9NO2. The van der Waals surface area contributed by atoms with Gasteiger partial charge in [-0.15, -0.1) is 0 Å². The Morgan fingerprint density at radius 1 is 1.67 bits per heavy atom. The van der Waals surface area contributed by atoms with Gasteiger partial charge in [-0.05, 0) is 6.07 Å². The van der Waals surface area contributed by atoms with Gasteiger partial charge in [0.2, 0.25) is 0 Å². The van der Waals surface area contributed by atoms with Gasteiger partial charge in [0.1, 0.15) is 11.4 Å². The highest BCUT2D eigenvalue weighted by Crippen LogP contribution is 2.24. The number of aromatic nitrogens is 1. The zero-order chi connectivity index (χ0) is 8.55. The molecule has 0 N–H and O–H groups in total. The van der Waals surface area contributed by atoms with Crippen LogP contribution in [0.4, 0.5) is 0 Å². The molecule has 12 heavy (non-hydrogen) atoms. The second kappa shape index (κ2) is 2.59. The van der Waals surface area contributed by atoms with E-state index in [-0.39, 0.29) is 5.78 Å². The first-order chi connectivity index (χ1) is 5.77. The number of rotatable bonds is 1. The second-order valence-corrected chi connectivity index (χ2v) is 2.83. The lowest BCUT2D eigenvalue weighted by atomic mass is 10.1. The molecule has 0 spiro atoms. The Kier molecular flexibility index (Phi) is 1.57. The fourth-order valence-corrected chi connectivity index (χ4v) is 1.27. The fourth-order valence-electron chi connectivity index (χ4n) is 1.27. The van der Waals surface area contributed by atoms with Crippen molar-refractivity contribution in [2.45, 2.75) is 13.3 Å². The van der Waals surface area contributed by atoms with Crippen molar-refractivity contribution in [3.8, 4) is 5.75 Å². The largest absolute Gasteiger partial charge is 0.491 e. The number of fused-ring (bicyclic) bond motifs is 1. The van der Waals surface area contributed by atoms with Crippen LogP contribution < -0.4 is 4.74 Å². The first-order valence-electron chi connectivity index (χ1n) is 3.90. The summed E-state index contributed by atoms with van der Waals surface area (Å²) in [5, 5.41) is 0. The molecule has 2 rings (SSSR count). The molecule has 0 atom stereocenters. The van der Waals surface area contributed by atoms with E-state index in [9.17, 15) is 4.79 Å². The second-order valence-electron chi connectivity index (χ2n) is 2.83. The van der Waals surface area contributed by atoms with Crippen molar-refractivity contribution in [1.82, 2.24) is 4.98 Å². The van der Waals surface area contributed by atoms with Crippen molar-refractivity contribution >= 4 is 5.78 Å². The van der Waals surface area contributed by atoms with Gasteiger partial charge >= 0.3 is 0 Å². The molecule has 0 fully saturated rings. The van der Waals surface area contributed by atoms with Gasteiger partial charge in [0.25, 0.3) is 0 Å². The molecule has 0 saturated heterocycles. The smallest absolute Gasteiger partial charge is 0.178 e. The minimum absolute atomic E-state index is 0.00435. The molecule has 0 bridgehead atoms. The third kappa shape index (κ3) is 1.07. The van der Waals surface area contributed by atoms with Gasteiger partial charge in [-0.2, -0.15) is 0 Å². The van der Waals surface area contributed by atoms with Crippen LogP contribution in [-0.4, -0.2) is 17.4 Å². The summed E-state index contributed by atoms with van der Waals surface area (Å²) >= 11 is 0. The zero-order valence-electron chi connectivity index (χ0n) is 6.83. The van der Waals surface area contributed by atoms with Crippen LogP contribution in [0.3, 0.4) is 0 Å².